The number of rotatable bonds is 6. The number of nitrogens with zero attached hydrogens (tertiary/aromatic N) is 3. The molecule has 0 bridgehead atoms. The van der Waals surface area contributed by atoms with Gasteiger partial charge in [-0.25, -0.2) is 17.7 Å². The van der Waals surface area contributed by atoms with Gasteiger partial charge in [-0.05, 0) is 30.5 Å². The summed E-state index contributed by atoms with van der Waals surface area (Å²) >= 11 is 1.35. The van der Waals surface area contributed by atoms with Gasteiger partial charge >= 0.3 is 0 Å². The van der Waals surface area contributed by atoms with Crippen LogP contribution in [0.1, 0.15) is 23.7 Å². The first-order valence-electron chi connectivity index (χ1n) is 8.78. The lowest BCUT2D eigenvalue weighted by molar-refractivity contribution is -0.129. The molecule has 0 N–H and O–H groups in total. The van der Waals surface area contributed by atoms with Crippen molar-refractivity contribution >= 4 is 27.7 Å². The van der Waals surface area contributed by atoms with Crippen LogP contribution in [0.25, 0.3) is 0 Å². The smallest absolute Gasteiger partial charge is 0.244 e. The van der Waals surface area contributed by atoms with Gasteiger partial charge in [-0.15, -0.1) is 0 Å². The van der Waals surface area contributed by atoms with Gasteiger partial charge in [-0.2, -0.15) is 0 Å². The fourth-order valence-corrected chi connectivity index (χ4v) is 4.81. The Hall–Kier alpha value is -1.90. The van der Waals surface area contributed by atoms with Crippen LogP contribution in [0.3, 0.4) is 0 Å². The second-order valence-corrected chi connectivity index (χ2v) is 9.84. The molecule has 0 spiro atoms. The van der Waals surface area contributed by atoms with Crippen LogP contribution < -0.4 is 0 Å². The van der Waals surface area contributed by atoms with Gasteiger partial charge in [0.2, 0.25) is 15.9 Å². The van der Waals surface area contributed by atoms with E-state index in [2.05, 4.69) is 4.98 Å². The van der Waals surface area contributed by atoms with Crippen LogP contribution in [0, 0.1) is 0 Å². The van der Waals surface area contributed by atoms with E-state index in [4.69, 9.17) is 0 Å². The van der Waals surface area contributed by atoms with Crippen LogP contribution in [0.15, 0.2) is 58.6 Å². The summed E-state index contributed by atoms with van der Waals surface area (Å²) in [4.78, 5) is 19.4. The quantitative estimate of drug-likeness (QED) is 0.691. The van der Waals surface area contributed by atoms with Crippen LogP contribution in [0.2, 0.25) is 0 Å². The van der Waals surface area contributed by atoms with Gasteiger partial charge in [0, 0.05) is 33.4 Å². The Labute approximate surface area is 164 Å². The Morgan fingerprint density at radius 1 is 1.11 bits per heavy atom. The topological polar surface area (TPSA) is 70.6 Å². The first-order valence-corrected chi connectivity index (χ1v) is 11.1. The van der Waals surface area contributed by atoms with Gasteiger partial charge < -0.3 is 4.90 Å². The molecule has 0 aliphatic carbocycles. The van der Waals surface area contributed by atoms with Crippen LogP contribution in [-0.4, -0.2) is 55.7 Å². The molecule has 1 unspecified atom stereocenters. The highest BCUT2D eigenvalue weighted by atomic mass is 32.2. The number of carbonyl (C=O) groups excluding carboxylic acids is 1. The maximum atomic E-state index is 13.0. The predicted molar refractivity (Wildman–Crippen MR) is 106 cm³/mol. The lowest BCUT2D eigenvalue weighted by atomic mass is 10.1. The average Bonchev–Trinajstić information content (AvgIpc) is 3.21. The molecular weight excluding hydrogens is 382 g/mol. The van der Waals surface area contributed by atoms with Crippen LogP contribution in [0.5, 0.6) is 0 Å². The molecule has 144 valence electrons. The molecule has 1 fully saturated rings. The Morgan fingerprint density at radius 2 is 1.78 bits per heavy atom. The second kappa shape index (κ2) is 8.41. The van der Waals surface area contributed by atoms with E-state index in [1.165, 1.54) is 38.1 Å². The average molecular weight is 406 g/mol. The maximum Gasteiger partial charge on any atom is 0.244 e. The van der Waals surface area contributed by atoms with Gasteiger partial charge in [0.15, 0.2) is 0 Å². The molecule has 27 heavy (non-hydrogen) atoms. The summed E-state index contributed by atoms with van der Waals surface area (Å²) in [6, 6.07) is 12.8. The Morgan fingerprint density at radius 3 is 2.33 bits per heavy atom. The third kappa shape index (κ3) is 4.51. The lowest BCUT2D eigenvalue weighted by Crippen LogP contribution is -2.31. The number of thioether (sulfide) groups is 1. The first kappa shape index (κ1) is 19.9. The van der Waals surface area contributed by atoms with Crippen molar-refractivity contribution < 1.29 is 13.2 Å². The zero-order valence-electron chi connectivity index (χ0n) is 15.4. The third-order valence-corrected chi connectivity index (χ3v) is 7.46. The van der Waals surface area contributed by atoms with Crippen molar-refractivity contribution in [1.82, 2.24) is 14.2 Å². The summed E-state index contributed by atoms with van der Waals surface area (Å²) < 4.78 is 25.5. The summed E-state index contributed by atoms with van der Waals surface area (Å²) in [5.74, 6) is 0.0792. The molecule has 3 rings (SSSR count). The highest BCUT2D eigenvalue weighted by Gasteiger charge is 2.29. The molecule has 0 radical (unpaired) electrons. The number of likely N-dealkylation sites (tertiary alicyclic amines) is 1. The minimum atomic E-state index is -3.52. The van der Waals surface area contributed by atoms with Gasteiger partial charge in [0.25, 0.3) is 0 Å². The van der Waals surface area contributed by atoms with Gasteiger partial charge in [-0.3, -0.25) is 4.79 Å². The van der Waals surface area contributed by atoms with Crippen molar-refractivity contribution in [2.75, 3.05) is 27.2 Å². The Kier molecular flexibility index (Phi) is 6.18. The number of benzene rings is 1. The molecule has 1 aromatic heterocycles. The predicted octanol–water partition coefficient (Wildman–Crippen LogP) is 2.79. The van der Waals surface area contributed by atoms with E-state index in [0.717, 1.165) is 35.8 Å². The lowest BCUT2D eigenvalue weighted by Gasteiger charge is -2.23. The fourth-order valence-electron chi connectivity index (χ4n) is 2.91. The number of sulfonamides is 1. The van der Waals surface area contributed by atoms with Crippen molar-refractivity contribution in [2.45, 2.75) is 28.0 Å². The molecule has 8 heteroatoms. The maximum absolute atomic E-state index is 13.0. The summed E-state index contributed by atoms with van der Waals surface area (Å²) in [5, 5.41) is 0.224. The molecule has 0 saturated carbocycles. The third-order valence-electron chi connectivity index (χ3n) is 4.47. The molecule has 2 heterocycles. The van der Waals surface area contributed by atoms with E-state index in [1.54, 1.807) is 6.07 Å². The van der Waals surface area contributed by atoms with Gasteiger partial charge in [0.05, 0.1) is 5.03 Å². The standard InChI is InChI=1S/C19H23N3O3S2/c1-21(2)27(24,25)16-10-11-17(20-14-16)26-18(15-8-4-3-5-9-15)19(23)22-12-6-7-13-22/h3-5,8-11,14,18H,6-7,12-13H2,1-2H3. The van der Waals surface area contributed by atoms with Gasteiger partial charge in [-0.1, -0.05) is 42.1 Å². The summed E-state index contributed by atoms with van der Waals surface area (Å²) in [5.41, 5.74) is 0.922. The number of hydrogen-bond acceptors (Lipinski definition) is 5. The van der Waals surface area contributed by atoms with E-state index >= 15 is 0 Å². The van der Waals surface area contributed by atoms with Crippen molar-refractivity contribution in [1.29, 1.82) is 0 Å². The highest BCUT2D eigenvalue weighted by Crippen LogP contribution is 2.36. The number of aromatic nitrogens is 1. The summed E-state index contributed by atoms with van der Waals surface area (Å²) in [6.45, 7) is 1.58. The van der Waals surface area contributed by atoms with E-state index in [-0.39, 0.29) is 10.8 Å². The van der Waals surface area contributed by atoms with Crippen molar-refractivity contribution in [2.24, 2.45) is 0 Å². The zero-order chi connectivity index (χ0) is 19.4. The molecule has 1 amide bonds. The van der Waals surface area contributed by atoms with Crippen molar-refractivity contribution in [3.63, 3.8) is 0 Å². The molecule has 1 aromatic carbocycles. The minimum absolute atomic E-state index is 0.0792. The molecule has 6 nitrogen and oxygen atoms in total. The van der Waals surface area contributed by atoms with Gasteiger partial charge in [0.1, 0.15) is 10.1 Å². The molecular formula is C19H23N3O3S2. The van der Waals surface area contributed by atoms with E-state index in [9.17, 15) is 13.2 Å². The zero-order valence-corrected chi connectivity index (χ0v) is 17.0. The fraction of sp³-hybridized carbons (Fsp3) is 0.368. The first-order chi connectivity index (χ1) is 12.9. The Bertz CT molecular complexity index is 878. The molecule has 1 saturated heterocycles. The SMILES string of the molecule is CN(C)S(=O)(=O)c1ccc(SC(C(=O)N2CCCC2)c2ccccc2)nc1. The summed E-state index contributed by atoms with van der Waals surface area (Å²) in [6.07, 6.45) is 3.42. The highest BCUT2D eigenvalue weighted by molar-refractivity contribution is 8.00. The molecule has 1 atom stereocenters. The Balaban J connectivity index is 1.85. The molecule has 1 aliphatic heterocycles. The largest absolute Gasteiger partial charge is 0.341 e. The van der Waals surface area contributed by atoms with Crippen LogP contribution in [0.4, 0.5) is 0 Å². The van der Waals surface area contributed by atoms with E-state index in [0.29, 0.717) is 5.03 Å². The van der Waals surface area contributed by atoms with Crippen LogP contribution >= 0.6 is 11.8 Å². The van der Waals surface area contributed by atoms with Crippen molar-refractivity contribution in [3.8, 4) is 0 Å². The van der Waals surface area contributed by atoms with Crippen LogP contribution in [-0.2, 0) is 14.8 Å². The monoisotopic (exact) mass is 405 g/mol. The number of carbonyl (C=O) groups is 1. The molecule has 2 aromatic rings. The van der Waals surface area contributed by atoms with Crippen molar-refractivity contribution in [3.05, 3.63) is 54.2 Å². The minimum Gasteiger partial charge on any atom is -0.341 e. The number of amides is 1. The normalized spacial score (nSPS) is 15.9. The number of hydrogen-bond donors (Lipinski definition) is 0. The van der Waals surface area contributed by atoms with E-state index < -0.39 is 15.3 Å². The summed E-state index contributed by atoms with van der Waals surface area (Å²) in [7, 11) is -0.549. The van der Waals surface area contributed by atoms with E-state index in [1.807, 2.05) is 35.2 Å². The second-order valence-electron chi connectivity index (χ2n) is 6.56. The number of pyridine rings is 1. The molecule has 1 aliphatic rings.